The summed E-state index contributed by atoms with van der Waals surface area (Å²) >= 11 is 6.54. The first kappa shape index (κ1) is 26.1. The summed E-state index contributed by atoms with van der Waals surface area (Å²) in [6.45, 7) is 4.00. The van der Waals surface area contributed by atoms with Gasteiger partial charge in [0.2, 0.25) is 0 Å². The molecule has 2 aromatic carbocycles. The number of rotatable bonds is 11. The van der Waals surface area contributed by atoms with Crippen molar-refractivity contribution < 1.29 is 26.3 Å². The summed E-state index contributed by atoms with van der Waals surface area (Å²) in [5.74, 6) is -2.91. The average Bonchev–Trinajstić information content (AvgIpc) is 3.18. The molecular formula is C21H22ClF3N4O3S2. The van der Waals surface area contributed by atoms with E-state index in [1.54, 1.807) is 18.2 Å². The van der Waals surface area contributed by atoms with Gasteiger partial charge in [0.25, 0.3) is 10.0 Å². The highest BCUT2D eigenvalue weighted by atomic mass is 35.5. The summed E-state index contributed by atoms with van der Waals surface area (Å²) in [6, 6.07) is 6.31. The van der Waals surface area contributed by atoms with Crippen molar-refractivity contribution in [2.45, 2.75) is 18.4 Å². The van der Waals surface area contributed by atoms with Crippen LogP contribution in [-0.2, 0) is 16.6 Å². The summed E-state index contributed by atoms with van der Waals surface area (Å²) in [7, 11) is -2.74. The Morgan fingerprint density at radius 2 is 1.97 bits per heavy atom. The van der Waals surface area contributed by atoms with Crippen molar-refractivity contribution >= 4 is 43.8 Å². The molecule has 0 amide bonds. The van der Waals surface area contributed by atoms with Crippen LogP contribution in [-0.4, -0.2) is 40.1 Å². The third-order valence-corrected chi connectivity index (χ3v) is 7.08. The fourth-order valence-electron chi connectivity index (χ4n) is 3.03. The topological polar surface area (TPSA) is 83.6 Å². The van der Waals surface area contributed by atoms with E-state index in [9.17, 15) is 17.2 Å². The zero-order valence-corrected chi connectivity index (χ0v) is 20.6. The van der Waals surface area contributed by atoms with Crippen LogP contribution in [0.1, 0.15) is 12.5 Å². The van der Waals surface area contributed by atoms with Crippen LogP contribution in [0.4, 0.5) is 24.0 Å². The molecule has 184 valence electrons. The molecule has 0 saturated carbocycles. The highest BCUT2D eigenvalue weighted by Crippen LogP contribution is 2.31. The van der Waals surface area contributed by atoms with Crippen LogP contribution in [0.5, 0.6) is 5.75 Å². The van der Waals surface area contributed by atoms with Gasteiger partial charge >= 0.3 is 0 Å². The SMILES string of the molecule is CCNCCN(C)c1cc(Cl)ccc1COc1cc(F)cc(S(=O)(=O)Nc2ncc(F)s2)c1F. The van der Waals surface area contributed by atoms with E-state index in [4.69, 9.17) is 16.3 Å². The number of nitrogens with zero attached hydrogens (tertiary/aromatic N) is 2. The highest BCUT2D eigenvalue weighted by Gasteiger charge is 2.25. The zero-order chi connectivity index (χ0) is 24.9. The lowest BCUT2D eigenvalue weighted by atomic mass is 10.1. The Bertz CT molecular complexity index is 1260. The molecule has 0 radical (unpaired) electrons. The summed E-state index contributed by atoms with van der Waals surface area (Å²) in [4.78, 5) is 4.47. The maximum atomic E-state index is 15.0. The number of benzene rings is 2. The Kier molecular flexibility index (Phi) is 8.63. The van der Waals surface area contributed by atoms with Gasteiger partial charge in [-0.15, -0.1) is 0 Å². The van der Waals surface area contributed by atoms with Crippen molar-refractivity contribution in [1.29, 1.82) is 0 Å². The number of sulfonamides is 1. The Hall–Kier alpha value is -2.54. The predicted octanol–water partition coefficient (Wildman–Crippen LogP) is 4.64. The number of nitrogens with one attached hydrogen (secondary N) is 2. The number of aromatic nitrogens is 1. The molecule has 2 N–H and O–H groups in total. The van der Waals surface area contributed by atoms with E-state index in [1.165, 1.54) is 0 Å². The van der Waals surface area contributed by atoms with Crippen LogP contribution >= 0.6 is 22.9 Å². The minimum atomic E-state index is -4.60. The normalized spacial score (nSPS) is 11.5. The molecule has 0 fully saturated rings. The lowest BCUT2D eigenvalue weighted by Gasteiger charge is -2.23. The highest BCUT2D eigenvalue weighted by molar-refractivity contribution is 7.93. The molecule has 7 nitrogen and oxygen atoms in total. The van der Waals surface area contributed by atoms with Gasteiger partial charge in [0.05, 0.1) is 6.20 Å². The number of hydrogen-bond acceptors (Lipinski definition) is 7. The first-order chi connectivity index (χ1) is 16.1. The molecule has 0 aliphatic heterocycles. The summed E-state index contributed by atoms with van der Waals surface area (Å²) in [6.07, 6.45) is 0.804. The van der Waals surface area contributed by atoms with Crippen LogP contribution in [0.25, 0.3) is 0 Å². The Morgan fingerprint density at radius 1 is 1.21 bits per heavy atom. The molecule has 13 heteroatoms. The van der Waals surface area contributed by atoms with Gasteiger partial charge in [-0.05, 0) is 24.7 Å². The van der Waals surface area contributed by atoms with E-state index in [2.05, 4.69) is 10.3 Å². The van der Waals surface area contributed by atoms with Crippen molar-refractivity contribution in [2.75, 3.05) is 36.3 Å². The summed E-state index contributed by atoms with van der Waals surface area (Å²) < 4.78 is 74.9. The van der Waals surface area contributed by atoms with Crippen molar-refractivity contribution in [3.63, 3.8) is 0 Å². The van der Waals surface area contributed by atoms with Crippen LogP contribution in [0.3, 0.4) is 0 Å². The average molecular weight is 535 g/mol. The van der Waals surface area contributed by atoms with E-state index in [0.717, 1.165) is 31.0 Å². The van der Waals surface area contributed by atoms with E-state index in [-0.39, 0.29) is 11.7 Å². The van der Waals surface area contributed by atoms with E-state index in [1.807, 2.05) is 23.6 Å². The van der Waals surface area contributed by atoms with E-state index >= 15 is 4.39 Å². The number of anilines is 2. The largest absolute Gasteiger partial charge is 0.486 e. The van der Waals surface area contributed by atoms with Gasteiger partial charge in [-0.25, -0.2) is 22.2 Å². The van der Waals surface area contributed by atoms with Gasteiger partial charge in [0, 0.05) is 42.5 Å². The predicted molar refractivity (Wildman–Crippen MR) is 127 cm³/mol. The maximum Gasteiger partial charge on any atom is 0.266 e. The standard InChI is InChI=1S/C21H22ClF3N4O3S2/c1-3-26-6-7-29(2)16-8-14(22)5-4-13(16)12-32-17-9-15(23)10-18(20(17)25)34(30,31)28-21-27-11-19(24)33-21/h4-5,8-11,26H,3,6-7,12H2,1-2H3,(H,27,28). The minimum absolute atomic E-state index is 0.178. The second-order valence-corrected chi connectivity index (χ2v) is 10.2. The molecule has 1 heterocycles. The quantitative estimate of drug-likeness (QED) is 0.349. The maximum absolute atomic E-state index is 15.0. The molecular weight excluding hydrogens is 513 g/mol. The Balaban J connectivity index is 1.84. The Morgan fingerprint density at radius 3 is 2.65 bits per heavy atom. The fourth-order valence-corrected chi connectivity index (χ4v) is 5.08. The third-order valence-electron chi connectivity index (χ3n) is 4.68. The number of likely N-dealkylation sites (N-methyl/N-ethyl adjacent to an activating group) is 2. The summed E-state index contributed by atoms with van der Waals surface area (Å²) in [5, 5.41) is 2.63. The minimum Gasteiger partial charge on any atom is -0.486 e. The Labute approximate surface area is 204 Å². The molecule has 3 aromatic rings. The van der Waals surface area contributed by atoms with Gasteiger partial charge in [-0.1, -0.05) is 35.9 Å². The fraction of sp³-hybridized carbons (Fsp3) is 0.286. The third kappa shape index (κ3) is 6.53. The number of thiazole rings is 1. The van der Waals surface area contributed by atoms with Crippen molar-refractivity contribution in [1.82, 2.24) is 10.3 Å². The molecule has 0 aliphatic carbocycles. The lowest BCUT2D eigenvalue weighted by molar-refractivity contribution is 0.285. The van der Waals surface area contributed by atoms with Crippen molar-refractivity contribution in [3.8, 4) is 5.75 Å². The monoisotopic (exact) mass is 534 g/mol. The van der Waals surface area contributed by atoms with Crippen LogP contribution < -0.4 is 19.7 Å². The molecule has 0 spiro atoms. The van der Waals surface area contributed by atoms with Crippen LogP contribution in [0.15, 0.2) is 41.4 Å². The summed E-state index contributed by atoms with van der Waals surface area (Å²) in [5.41, 5.74) is 1.36. The zero-order valence-electron chi connectivity index (χ0n) is 18.2. The van der Waals surface area contributed by atoms with Gasteiger partial charge in [0.15, 0.2) is 21.8 Å². The van der Waals surface area contributed by atoms with Crippen molar-refractivity contribution in [3.05, 3.63) is 63.9 Å². The smallest absolute Gasteiger partial charge is 0.266 e. The molecule has 0 bridgehead atoms. The molecule has 0 unspecified atom stereocenters. The van der Waals surface area contributed by atoms with Crippen molar-refractivity contribution in [2.24, 2.45) is 0 Å². The first-order valence-electron chi connectivity index (χ1n) is 10.1. The van der Waals surface area contributed by atoms with Gasteiger partial charge < -0.3 is 15.0 Å². The lowest BCUT2D eigenvalue weighted by Crippen LogP contribution is -2.29. The van der Waals surface area contributed by atoms with Crippen LogP contribution in [0, 0.1) is 16.8 Å². The number of halogens is 4. The molecule has 34 heavy (non-hydrogen) atoms. The number of hydrogen-bond donors (Lipinski definition) is 2. The molecule has 1 aromatic heterocycles. The van der Waals surface area contributed by atoms with Gasteiger partial charge in [-0.2, -0.15) is 4.39 Å². The van der Waals surface area contributed by atoms with Crippen LogP contribution in [0.2, 0.25) is 5.02 Å². The molecule has 0 saturated heterocycles. The van der Waals surface area contributed by atoms with Gasteiger partial charge in [-0.3, -0.25) is 4.72 Å². The van der Waals surface area contributed by atoms with E-state index < -0.39 is 37.4 Å². The van der Waals surface area contributed by atoms with Gasteiger partial charge in [0.1, 0.15) is 17.3 Å². The molecule has 0 atom stereocenters. The second kappa shape index (κ2) is 11.3. The number of ether oxygens (including phenoxy) is 1. The molecule has 0 aliphatic rings. The second-order valence-electron chi connectivity index (χ2n) is 7.13. The first-order valence-corrected chi connectivity index (χ1v) is 12.7. The molecule has 3 rings (SSSR count). The van der Waals surface area contributed by atoms with E-state index in [0.29, 0.717) is 34.5 Å².